The molecule has 7 heteroatoms. The summed E-state index contributed by atoms with van der Waals surface area (Å²) in [5, 5.41) is 11.2. The number of aromatic nitrogens is 1. The maximum Gasteiger partial charge on any atom is 0.295 e. The Hall–Kier alpha value is -4.13. The number of pyridine rings is 1. The van der Waals surface area contributed by atoms with Crippen molar-refractivity contribution in [1.29, 1.82) is 0 Å². The van der Waals surface area contributed by atoms with Crippen LogP contribution in [0.2, 0.25) is 0 Å². The second-order valence-corrected chi connectivity index (χ2v) is 8.48. The summed E-state index contributed by atoms with van der Waals surface area (Å²) in [5.41, 5.74) is 1.94. The van der Waals surface area contributed by atoms with Crippen molar-refractivity contribution in [2.24, 2.45) is 0 Å². The monoisotopic (exact) mass is 472 g/mol. The summed E-state index contributed by atoms with van der Waals surface area (Å²) in [6.07, 6.45) is 3.31. The number of ether oxygens (including phenoxy) is 2. The number of nitrogens with zero attached hydrogens (tertiary/aromatic N) is 2. The van der Waals surface area contributed by atoms with Gasteiger partial charge >= 0.3 is 0 Å². The minimum atomic E-state index is -0.769. The third-order valence-electron chi connectivity index (χ3n) is 5.62. The molecular formula is C28H28N2O5. The minimum absolute atomic E-state index is 0.0109. The maximum absolute atomic E-state index is 13.2. The molecule has 1 saturated heterocycles. The van der Waals surface area contributed by atoms with E-state index in [2.05, 4.69) is 4.98 Å². The Morgan fingerprint density at radius 1 is 1.03 bits per heavy atom. The fraction of sp³-hybridized carbons (Fsp3) is 0.250. The van der Waals surface area contributed by atoms with E-state index < -0.39 is 17.7 Å². The number of carbonyl (C=O) groups excluding carboxylic acids is 2. The SMILES string of the molecule is CCOc1ccc(/C(O)=C2/C(=O)C(=O)N(Cc3cccnc3)C2c2ccc(OC(C)C)cc2)cc1. The van der Waals surface area contributed by atoms with Crippen LogP contribution in [0.3, 0.4) is 0 Å². The Bertz CT molecular complexity index is 1220. The van der Waals surface area contributed by atoms with E-state index in [-0.39, 0.29) is 24.0 Å². The first-order valence-electron chi connectivity index (χ1n) is 11.6. The van der Waals surface area contributed by atoms with Crippen molar-refractivity contribution in [3.8, 4) is 11.5 Å². The maximum atomic E-state index is 13.2. The third-order valence-corrected chi connectivity index (χ3v) is 5.62. The van der Waals surface area contributed by atoms with Gasteiger partial charge in [-0.3, -0.25) is 14.6 Å². The van der Waals surface area contributed by atoms with Gasteiger partial charge in [0.1, 0.15) is 17.3 Å². The fourth-order valence-electron chi connectivity index (χ4n) is 4.11. The van der Waals surface area contributed by atoms with Crippen LogP contribution >= 0.6 is 0 Å². The first-order valence-corrected chi connectivity index (χ1v) is 11.6. The van der Waals surface area contributed by atoms with Gasteiger partial charge in [-0.05, 0) is 74.4 Å². The molecule has 1 N–H and O–H groups in total. The molecular weight excluding hydrogens is 444 g/mol. The molecule has 1 atom stereocenters. The number of aliphatic hydroxyl groups is 1. The van der Waals surface area contributed by atoms with Crippen LogP contribution in [0.15, 0.2) is 78.6 Å². The average Bonchev–Trinajstić information content (AvgIpc) is 3.10. The largest absolute Gasteiger partial charge is 0.507 e. The van der Waals surface area contributed by atoms with Crippen molar-refractivity contribution in [2.75, 3.05) is 6.61 Å². The summed E-state index contributed by atoms with van der Waals surface area (Å²) in [5.74, 6) is -0.299. The fourth-order valence-corrected chi connectivity index (χ4v) is 4.11. The highest BCUT2D eigenvalue weighted by Gasteiger charge is 2.46. The zero-order valence-corrected chi connectivity index (χ0v) is 20.0. The van der Waals surface area contributed by atoms with Gasteiger partial charge in [-0.25, -0.2) is 0 Å². The van der Waals surface area contributed by atoms with E-state index in [1.54, 1.807) is 54.9 Å². The summed E-state index contributed by atoms with van der Waals surface area (Å²) in [6, 6.07) is 16.9. The number of Topliss-reactive ketones (excluding diaryl/α,β-unsaturated/α-hetero) is 1. The van der Waals surface area contributed by atoms with Crippen LogP contribution in [0.4, 0.5) is 0 Å². The molecule has 1 aromatic heterocycles. The predicted octanol–water partition coefficient (Wildman–Crippen LogP) is 4.89. The van der Waals surface area contributed by atoms with Gasteiger partial charge in [-0.2, -0.15) is 0 Å². The molecule has 0 saturated carbocycles. The molecule has 2 heterocycles. The van der Waals surface area contributed by atoms with E-state index in [1.165, 1.54) is 4.90 Å². The summed E-state index contributed by atoms with van der Waals surface area (Å²) in [7, 11) is 0. The topological polar surface area (TPSA) is 89.0 Å². The molecule has 0 spiro atoms. The highest BCUT2D eigenvalue weighted by atomic mass is 16.5. The number of hydrogen-bond acceptors (Lipinski definition) is 6. The normalized spacial score (nSPS) is 17.1. The van der Waals surface area contributed by atoms with Gasteiger partial charge in [0.25, 0.3) is 11.7 Å². The minimum Gasteiger partial charge on any atom is -0.507 e. The molecule has 0 radical (unpaired) electrons. The molecule has 0 bridgehead atoms. The molecule has 2 aromatic carbocycles. The lowest BCUT2D eigenvalue weighted by Crippen LogP contribution is -2.29. The lowest BCUT2D eigenvalue weighted by molar-refractivity contribution is -0.140. The molecule has 1 fully saturated rings. The highest BCUT2D eigenvalue weighted by Crippen LogP contribution is 2.40. The van der Waals surface area contributed by atoms with E-state index >= 15 is 0 Å². The van der Waals surface area contributed by atoms with Gasteiger partial charge in [-0.1, -0.05) is 18.2 Å². The van der Waals surface area contributed by atoms with E-state index in [1.807, 2.05) is 39.0 Å². The number of ketones is 1. The molecule has 3 aromatic rings. The third kappa shape index (κ3) is 5.19. The van der Waals surface area contributed by atoms with Crippen LogP contribution in [-0.4, -0.2) is 39.4 Å². The molecule has 180 valence electrons. The number of aliphatic hydroxyl groups excluding tert-OH is 1. The average molecular weight is 473 g/mol. The molecule has 0 aliphatic carbocycles. The Morgan fingerprint density at radius 3 is 2.31 bits per heavy atom. The van der Waals surface area contributed by atoms with Crippen molar-refractivity contribution >= 4 is 17.4 Å². The van der Waals surface area contributed by atoms with Crippen molar-refractivity contribution in [1.82, 2.24) is 9.88 Å². The molecule has 4 rings (SSSR count). The first kappa shape index (κ1) is 24.0. The lowest BCUT2D eigenvalue weighted by Gasteiger charge is -2.25. The number of rotatable bonds is 8. The quantitative estimate of drug-likeness (QED) is 0.285. The van der Waals surface area contributed by atoms with Crippen molar-refractivity contribution in [2.45, 2.75) is 39.5 Å². The van der Waals surface area contributed by atoms with Crippen LogP contribution in [0.25, 0.3) is 5.76 Å². The molecule has 35 heavy (non-hydrogen) atoms. The van der Waals surface area contributed by atoms with Gasteiger partial charge in [0.2, 0.25) is 0 Å². The van der Waals surface area contributed by atoms with Crippen molar-refractivity contribution < 1.29 is 24.2 Å². The van der Waals surface area contributed by atoms with Crippen molar-refractivity contribution in [3.05, 3.63) is 95.3 Å². The van der Waals surface area contributed by atoms with E-state index in [9.17, 15) is 14.7 Å². The van der Waals surface area contributed by atoms with Crippen LogP contribution in [-0.2, 0) is 16.1 Å². The van der Waals surface area contributed by atoms with Gasteiger partial charge < -0.3 is 19.5 Å². The summed E-state index contributed by atoms with van der Waals surface area (Å²) in [4.78, 5) is 32.0. The van der Waals surface area contributed by atoms with Crippen LogP contribution in [0.5, 0.6) is 11.5 Å². The standard InChI is InChI=1S/C28H28N2O5/c1-4-34-22-11-9-21(10-12-22)26(31)24-25(20-7-13-23(14-8-20)35-18(2)3)30(28(33)27(24)32)17-19-6-5-15-29-16-19/h5-16,18,25,31H,4,17H2,1-3H3/b26-24-. The molecule has 1 aliphatic rings. The van der Waals surface area contributed by atoms with Gasteiger partial charge in [0.05, 0.1) is 24.3 Å². The molecule has 1 aliphatic heterocycles. The zero-order chi connectivity index (χ0) is 24.9. The highest BCUT2D eigenvalue weighted by molar-refractivity contribution is 6.46. The number of likely N-dealkylation sites (tertiary alicyclic amines) is 1. The Labute approximate surface area is 204 Å². The number of amides is 1. The summed E-state index contributed by atoms with van der Waals surface area (Å²) < 4.78 is 11.2. The molecule has 1 amide bonds. The van der Waals surface area contributed by atoms with E-state index in [4.69, 9.17) is 9.47 Å². The van der Waals surface area contributed by atoms with Crippen LogP contribution in [0.1, 0.15) is 43.5 Å². The second kappa shape index (κ2) is 10.4. The van der Waals surface area contributed by atoms with Crippen LogP contribution < -0.4 is 9.47 Å². The molecule has 1 unspecified atom stereocenters. The molecule has 7 nitrogen and oxygen atoms in total. The first-order chi connectivity index (χ1) is 16.9. The van der Waals surface area contributed by atoms with Gasteiger partial charge in [0.15, 0.2) is 0 Å². The Balaban J connectivity index is 1.79. The predicted molar refractivity (Wildman–Crippen MR) is 132 cm³/mol. The Kier molecular flexibility index (Phi) is 7.15. The lowest BCUT2D eigenvalue weighted by atomic mass is 9.95. The van der Waals surface area contributed by atoms with Gasteiger partial charge in [0, 0.05) is 24.5 Å². The number of hydrogen-bond donors (Lipinski definition) is 1. The van der Waals surface area contributed by atoms with Crippen LogP contribution in [0, 0.1) is 0 Å². The zero-order valence-electron chi connectivity index (χ0n) is 20.0. The van der Waals surface area contributed by atoms with Crippen molar-refractivity contribution in [3.63, 3.8) is 0 Å². The van der Waals surface area contributed by atoms with Gasteiger partial charge in [-0.15, -0.1) is 0 Å². The summed E-state index contributed by atoms with van der Waals surface area (Å²) in [6.45, 7) is 6.45. The second-order valence-electron chi connectivity index (χ2n) is 8.48. The number of benzene rings is 2. The van der Waals surface area contributed by atoms with E-state index in [0.717, 1.165) is 5.56 Å². The number of carbonyl (C=O) groups is 2. The Morgan fingerprint density at radius 2 is 1.71 bits per heavy atom. The van der Waals surface area contributed by atoms with E-state index in [0.29, 0.717) is 29.2 Å². The smallest absolute Gasteiger partial charge is 0.295 e. The summed E-state index contributed by atoms with van der Waals surface area (Å²) >= 11 is 0.